The molecule has 2 aromatic rings. The largest absolute Gasteiger partial charge is 0.484 e. The van der Waals surface area contributed by atoms with Crippen molar-refractivity contribution >= 4 is 11.9 Å². The van der Waals surface area contributed by atoms with Gasteiger partial charge in [0.15, 0.2) is 6.61 Å². The zero-order valence-electron chi connectivity index (χ0n) is 15.6. The number of hydrogen-bond donors (Lipinski definition) is 0. The minimum atomic E-state index is -0.0181. The number of hydrogen-bond acceptors (Lipinski definition) is 6. The van der Waals surface area contributed by atoms with Gasteiger partial charge < -0.3 is 19.3 Å². The van der Waals surface area contributed by atoms with E-state index in [1.54, 1.807) is 0 Å². The highest BCUT2D eigenvalue weighted by atomic mass is 16.5. The second-order valence-electron chi connectivity index (χ2n) is 6.86. The third-order valence-corrected chi connectivity index (χ3v) is 5.02. The Kier molecular flexibility index (Phi) is 5.20. The van der Waals surface area contributed by atoms with E-state index in [0.29, 0.717) is 26.3 Å². The van der Waals surface area contributed by atoms with Gasteiger partial charge in [-0.3, -0.25) is 4.79 Å². The number of benzene rings is 1. The van der Waals surface area contributed by atoms with Gasteiger partial charge in [0.1, 0.15) is 5.75 Å². The number of fused-ring (bicyclic) bond motifs is 1. The van der Waals surface area contributed by atoms with E-state index in [9.17, 15) is 4.79 Å². The molecular weight excluding hydrogens is 344 g/mol. The zero-order valence-corrected chi connectivity index (χ0v) is 15.6. The number of anilines is 1. The Morgan fingerprint density at radius 3 is 2.85 bits per heavy atom. The van der Waals surface area contributed by atoms with Crippen LogP contribution in [0.2, 0.25) is 0 Å². The van der Waals surface area contributed by atoms with E-state index in [1.807, 2.05) is 42.3 Å². The van der Waals surface area contributed by atoms with Gasteiger partial charge in [-0.1, -0.05) is 18.2 Å². The molecule has 0 radical (unpaired) electrons. The number of carbonyl (C=O) groups is 1. The van der Waals surface area contributed by atoms with Crippen molar-refractivity contribution in [1.82, 2.24) is 14.9 Å². The quantitative estimate of drug-likeness (QED) is 0.816. The molecule has 2 aliphatic heterocycles. The van der Waals surface area contributed by atoms with E-state index < -0.39 is 0 Å². The van der Waals surface area contributed by atoms with Gasteiger partial charge in [0.25, 0.3) is 5.91 Å². The number of para-hydroxylation sites is 1. The molecule has 7 heteroatoms. The summed E-state index contributed by atoms with van der Waals surface area (Å²) in [5.74, 6) is 1.46. The second kappa shape index (κ2) is 7.92. The summed E-state index contributed by atoms with van der Waals surface area (Å²) in [5, 5.41) is 0. The molecule has 0 aliphatic carbocycles. The highest BCUT2D eigenvalue weighted by Crippen LogP contribution is 2.21. The molecule has 1 aromatic heterocycles. The first-order valence-corrected chi connectivity index (χ1v) is 9.34. The molecule has 4 rings (SSSR count). The van der Waals surface area contributed by atoms with E-state index in [2.05, 4.69) is 9.88 Å². The molecule has 1 fully saturated rings. The second-order valence-corrected chi connectivity index (χ2v) is 6.86. The molecule has 0 bridgehead atoms. The number of nitrogens with zero attached hydrogens (tertiary/aromatic N) is 4. The van der Waals surface area contributed by atoms with E-state index in [-0.39, 0.29) is 12.5 Å². The van der Waals surface area contributed by atoms with Gasteiger partial charge in [-0.2, -0.15) is 0 Å². The lowest BCUT2D eigenvalue weighted by Crippen LogP contribution is -2.40. The summed E-state index contributed by atoms with van der Waals surface area (Å²) in [5.41, 5.74) is 3.08. The van der Waals surface area contributed by atoms with Crippen LogP contribution in [0.25, 0.3) is 0 Å². The van der Waals surface area contributed by atoms with E-state index in [4.69, 9.17) is 14.5 Å². The van der Waals surface area contributed by atoms with Crippen LogP contribution in [0.1, 0.15) is 16.8 Å². The average Bonchev–Trinajstić information content (AvgIpc) is 2.73. The van der Waals surface area contributed by atoms with Gasteiger partial charge >= 0.3 is 0 Å². The summed E-state index contributed by atoms with van der Waals surface area (Å²) < 4.78 is 11.1. The first kappa shape index (κ1) is 17.7. The summed E-state index contributed by atoms with van der Waals surface area (Å²) in [7, 11) is 0. The van der Waals surface area contributed by atoms with Crippen molar-refractivity contribution in [2.24, 2.45) is 0 Å². The maximum absolute atomic E-state index is 12.6. The fourth-order valence-corrected chi connectivity index (χ4v) is 3.37. The summed E-state index contributed by atoms with van der Waals surface area (Å²) in [6.45, 7) is 6.18. The number of morpholine rings is 1. The molecular formula is C20H24N4O3. The number of carbonyl (C=O) groups excluding carboxylic acids is 1. The molecule has 2 aliphatic rings. The molecule has 1 amide bonds. The lowest BCUT2D eigenvalue weighted by atomic mass is 10.1. The van der Waals surface area contributed by atoms with Gasteiger partial charge in [0.05, 0.1) is 25.5 Å². The average molecular weight is 368 g/mol. The predicted molar refractivity (Wildman–Crippen MR) is 101 cm³/mol. The highest BCUT2D eigenvalue weighted by Gasteiger charge is 2.24. The van der Waals surface area contributed by atoms with Crippen LogP contribution in [0, 0.1) is 6.92 Å². The summed E-state index contributed by atoms with van der Waals surface area (Å²) >= 11 is 0. The number of amides is 1. The predicted octanol–water partition coefficient (Wildman–Crippen LogP) is 1.59. The van der Waals surface area contributed by atoms with Gasteiger partial charge in [-0.05, 0) is 30.5 Å². The third-order valence-electron chi connectivity index (χ3n) is 5.02. The Morgan fingerprint density at radius 1 is 1.22 bits per heavy atom. The lowest BCUT2D eigenvalue weighted by Gasteiger charge is -2.30. The van der Waals surface area contributed by atoms with Crippen molar-refractivity contribution in [1.29, 1.82) is 0 Å². The number of aromatic nitrogens is 2. The molecule has 1 aromatic carbocycles. The molecule has 0 N–H and O–H groups in total. The van der Waals surface area contributed by atoms with Crippen LogP contribution < -0.4 is 9.64 Å². The Balaban J connectivity index is 1.40. The third kappa shape index (κ3) is 4.03. The molecule has 0 spiro atoms. The van der Waals surface area contributed by atoms with Crippen molar-refractivity contribution in [3.8, 4) is 5.75 Å². The van der Waals surface area contributed by atoms with E-state index >= 15 is 0 Å². The van der Waals surface area contributed by atoms with E-state index in [1.165, 1.54) is 0 Å². The first-order valence-electron chi connectivity index (χ1n) is 9.34. The topological polar surface area (TPSA) is 67.8 Å². The maximum Gasteiger partial charge on any atom is 0.260 e. The van der Waals surface area contributed by atoms with Crippen LogP contribution in [-0.2, 0) is 22.5 Å². The van der Waals surface area contributed by atoms with Crippen molar-refractivity contribution in [3.05, 3.63) is 47.3 Å². The van der Waals surface area contributed by atoms with E-state index in [0.717, 1.165) is 48.0 Å². The van der Waals surface area contributed by atoms with Crippen LogP contribution in [0.4, 0.5) is 5.95 Å². The molecule has 1 saturated heterocycles. The van der Waals surface area contributed by atoms with Crippen LogP contribution in [0.3, 0.4) is 0 Å². The van der Waals surface area contributed by atoms with Crippen LogP contribution in [-0.4, -0.2) is 60.2 Å². The lowest BCUT2D eigenvalue weighted by molar-refractivity contribution is -0.134. The molecule has 3 heterocycles. The number of rotatable bonds is 4. The molecule has 27 heavy (non-hydrogen) atoms. The maximum atomic E-state index is 12.6. The molecule has 0 saturated carbocycles. The zero-order chi connectivity index (χ0) is 18.6. The van der Waals surface area contributed by atoms with Gasteiger partial charge in [0, 0.05) is 25.8 Å². The Bertz CT molecular complexity index is 821. The van der Waals surface area contributed by atoms with Crippen molar-refractivity contribution < 1.29 is 14.3 Å². The smallest absolute Gasteiger partial charge is 0.260 e. The SMILES string of the molecule is Cc1ccccc1OCC(=O)N1CCc2cnc(N3CCOCC3)nc2C1. The first-order chi connectivity index (χ1) is 13.2. The minimum absolute atomic E-state index is 0.0181. The standard InChI is InChI=1S/C20H24N4O3/c1-15-4-2-3-5-18(15)27-14-19(25)24-7-6-16-12-21-20(22-17(16)13-24)23-8-10-26-11-9-23/h2-5,12H,6-11,13-14H2,1H3. The van der Waals surface area contributed by atoms with Gasteiger partial charge in [-0.25, -0.2) is 9.97 Å². The van der Waals surface area contributed by atoms with Crippen molar-refractivity contribution in [2.75, 3.05) is 44.4 Å². The van der Waals surface area contributed by atoms with Gasteiger partial charge in [-0.15, -0.1) is 0 Å². The Hall–Kier alpha value is -2.67. The monoisotopic (exact) mass is 368 g/mol. The number of ether oxygens (including phenoxy) is 2. The summed E-state index contributed by atoms with van der Waals surface area (Å²) in [6.07, 6.45) is 2.67. The summed E-state index contributed by atoms with van der Waals surface area (Å²) in [6, 6.07) is 7.72. The molecule has 142 valence electrons. The highest BCUT2D eigenvalue weighted by molar-refractivity contribution is 5.78. The normalized spacial score (nSPS) is 16.8. The fraction of sp³-hybridized carbons (Fsp3) is 0.450. The van der Waals surface area contributed by atoms with Crippen LogP contribution >= 0.6 is 0 Å². The molecule has 7 nitrogen and oxygen atoms in total. The number of aryl methyl sites for hydroxylation is 1. The van der Waals surface area contributed by atoms with Gasteiger partial charge in [0.2, 0.25) is 5.95 Å². The Labute approximate surface area is 158 Å². The minimum Gasteiger partial charge on any atom is -0.484 e. The summed E-state index contributed by atoms with van der Waals surface area (Å²) in [4.78, 5) is 25.8. The van der Waals surface area contributed by atoms with Crippen LogP contribution in [0.15, 0.2) is 30.5 Å². The molecule has 0 unspecified atom stereocenters. The van der Waals surface area contributed by atoms with Crippen LogP contribution in [0.5, 0.6) is 5.75 Å². The van der Waals surface area contributed by atoms with Crippen molar-refractivity contribution in [3.63, 3.8) is 0 Å². The fourth-order valence-electron chi connectivity index (χ4n) is 3.37. The molecule has 0 atom stereocenters. The Morgan fingerprint density at radius 2 is 2.04 bits per heavy atom. The van der Waals surface area contributed by atoms with Crippen molar-refractivity contribution in [2.45, 2.75) is 19.9 Å².